The third-order valence-corrected chi connectivity index (χ3v) is 4.25. The number of anilines is 2. The molecule has 0 spiro atoms. The zero-order chi connectivity index (χ0) is 16.9. The van der Waals surface area contributed by atoms with Crippen LogP contribution in [-0.2, 0) is 6.42 Å². The van der Waals surface area contributed by atoms with Crippen LogP contribution >= 0.6 is 0 Å². The lowest BCUT2D eigenvalue weighted by Gasteiger charge is -2.31. The fraction of sp³-hybridized carbons (Fsp3) is 0.368. The maximum Gasteiger partial charge on any atom is 0.252 e. The number of hydrogen-bond donors (Lipinski definition) is 1. The van der Waals surface area contributed by atoms with Crippen molar-refractivity contribution in [3.8, 4) is 0 Å². The van der Waals surface area contributed by atoms with Gasteiger partial charge in [0.05, 0.1) is 17.4 Å². The number of rotatable bonds is 5. The molecule has 1 amide bonds. The number of nitrogens with zero attached hydrogens (tertiary/aromatic N) is 3. The zero-order valence-electron chi connectivity index (χ0n) is 14.3. The first-order valence-electron chi connectivity index (χ1n) is 8.38. The fourth-order valence-electron chi connectivity index (χ4n) is 3.00. The van der Waals surface area contributed by atoms with Gasteiger partial charge in [0.1, 0.15) is 0 Å². The van der Waals surface area contributed by atoms with Crippen LogP contribution in [0.2, 0.25) is 0 Å². The lowest BCUT2D eigenvalue weighted by molar-refractivity contribution is 0.0950. The minimum absolute atomic E-state index is 0.0727. The van der Waals surface area contributed by atoms with Gasteiger partial charge in [0.25, 0.3) is 5.91 Å². The summed E-state index contributed by atoms with van der Waals surface area (Å²) in [4.78, 5) is 20.9. The summed E-state index contributed by atoms with van der Waals surface area (Å²) in [5.41, 5.74) is 4.15. The Bertz CT molecular complexity index is 714. The van der Waals surface area contributed by atoms with Crippen molar-refractivity contribution in [1.82, 2.24) is 15.2 Å². The first-order valence-corrected chi connectivity index (χ1v) is 8.38. The molecule has 3 rings (SSSR count). The fourth-order valence-corrected chi connectivity index (χ4v) is 3.00. The van der Waals surface area contributed by atoms with E-state index in [0.717, 1.165) is 31.6 Å². The van der Waals surface area contributed by atoms with Crippen LogP contribution in [0.5, 0.6) is 0 Å². The minimum atomic E-state index is -0.0727. The number of carbonyl (C=O) groups excluding carboxylic acids is 1. The van der Waals surface area contributed by atoms with Gasteiger partial charge >= 0.3 is 0 Å². The Labute approximate surface area is 143 Å². The molecule has 5 nitrogen and oxygen atoms in total. The summed E-state index contributed by atoms with van der Waals surface area (Å²) in [6.45, 7) is 2.39. The predicted octanol–water partition coefficient (Wildman–Crippen LogP) is 2.46. The molecule has 1 aromatic carbocycles. The van der Waals surface area contributed by atoms with Gasteiger partial charge in [0.2, 0.25) is 0 Å². The number of fused-ring (bicyclic) bond motifs is 1. The van der Waals surface area contributed by atoms with E-state index in [1.807, 2.05) is 31.3 Å². The summed E-state index contributed by atoms with van der Waals surface area (Å²) < 4.78 is 0. The Hall–Kier alpha value is -2.40. The predicted molar refractivity (Wildman–Crippen MR) is 96.9 cm³/mol. The van der Waals surface area contributed by atoms with Gasteiger partial charge in [-0.3, -0.25) is 9.78 Å². The summed E-state index contributed by atoms with van der Waals surface area (Å²) in [5, 5.41) is 2.94. The second-order valence-electron chi connectivity index (χ2n) is 6.37. The van der Waals surface area contributed by atoms with E-state index in [4.69, 9.17) is 0 Å². The second-order valence-corrected chi connectivity index (χ2v) is 6.37. The number of aryl methyl sites for hydroxylation is 1. The van der Waals surface area contributed by atoms with Gasteiger partial charge in [-0.2, -0.15) is 0 Å². The maximum absolute atomic E-state index is 12.3. The van der Waals surface area contributed by atoms with E-state index in [1.165, 1.54) is 11.3 Å². The van der Waals surface area contributed by atoms with Crippen LogP contribution in [0.25, 0.3) is 0 Å². The Morgan fingerprint density at radius 1 is 1.29 bits per heavy atom. The summed E-state index contributed by atoms with van der Waals surface area (Å²) in [5.74, 6) is -0.0727. The van der Waals surface area contributed by atoms with E-state index in [0.29, 0.717) is 12.1 Å². The molecule has 1 aliphatic heterocycles. The number of para-hydroxylation sites is 1. The molecule has 126 valence electrons. The highest BCUT2D eigenvalue weighted by Crippen LogP contribution is 2.33. The first-order chi connectivity index (χ1) is 11.6. The van der Waals surface area contributed by atoms with Crippen LogP contribution in [0, 0.1) is 0 Å². The average molecular weight is 324 g/mol. The minimum Gasteiger partial charge on any atom is -0.351 e. The van der Waals surface area contributed by atoms with E-state index >= 15 is 0 Å². The quantitative estimate of drug-likeness (QED) is 0.918. The smallest absolute Gasteiger partial charge is 0.252 e. The number of hydrogen-bond acceptors (Lipinski definition) is 4. The number of pyridine rings is 1. The topological polar surface area (TPSA) is 48.5 Å². The standard InChI is InChI=1S/C19H24N4O/c1-22(2)11-9-21-19(24)16-12-17(14-20-13-16)23-10-5-7-15-6-3-4-8-18(15)23/h3-4,6,8,12-14H,5,7,9-11H2,1-2H3,(H,21,24). The molecule has 2 aromatic rings. The van der Waals surface area contributed by atoms with Crippen LogP contribution in [0.3, 0.4) is 0 Å². The van der Waals surface area contributed by atoms with Crippen molar-refractivity contribution in [2.24, 2.45) is 0 Å². The SMILES string of the molecule is CN(C)CCNC(=O)c1cncc(N2CCCc3ccccc32)c1. The normalized spacial score (nSPS) is 13.7. The summed E-state index contributed by atoms with van der Waals surface area (Å²) in [6.07, 6.45) is 5.67. The van der Waals surface area contributed by atoms with Crippen molar-refractivity contribution >= 4 is 17.3 Å². The molecule has 2 heterocycles. The Morgan fingerprint density at radius 2 is 2.12 bits per heavy atom. The third kappa shape index (κ3) is 3.74. The largest absolute Gasteiger partial charge is 0.351 e. The number of benzene rings is 1. The molecular formula is C19H24N4O. The highest BCUT2D eigenvalue weighted by atomic mass is 16.1. The molecule has 0 saturated carbocycles. The zero-order valence-corrected chi connectivity index (χ0v) is 14.3. The van der Waals surface area contributed by atoms with Gasteiger partial charge in [0, 0.05) is 31.5 Å². The Kier molecular flexibility index (Phi) is 5.11. The van der Waals surface area contributed by atoms with Crippen molar-refractivity contribution in [1.29, 1.82) is 0 Å². The molecular weight excluding hydrogens is 300 g/mol. The van der Waals surface area contributed by atoms with Crippen LogP contribution in [0.15, 0.2) is 42.7 Å². The van der Waals surface area contributed by atoms with Crippen molar-refractivity contribution < 1.29 is 4.79 Å². The molecule has 5 heteroatoms. The highest BCUT2D eigenvalue weighted by molar-refractivity contribution is 5.95. The van der Waals surface area contributed by atoms with E-state index in [2.05, 4.69) is 39.5 Å². The van der Waals surface area contributed by atoms with Crippen LogP contribution < -0.4 is 10.2 Å². The Morgan fingerprint density at radius 3 is 2.96 bits per heavy atom. The maximum atomic E-state index is 12.3. The first kappa shape index (κ1) is 16.5. The van der Waals surface area contributed by atoms with Gasteiger partial charge in [-0.25, -0.2) is 0 Å². The second kappa shape index (κ2) is 7.45. The van der Waals surface area contributed by atoms with Crippen LogP contribution in [0.4, 0.5) is 11.4 Å². The van der Waals surface area contributed by atoms with E-state index < -0.39 is 0 Å². The molecule has 1 aliphatic rings. The number of likely N-dealkylation sites (N-methyl/N-ethyl adjacent to an activating group) is 1. The molecule has 0 bridgehead atoms. The van der Waals surface area contributed by atoms with E-state index in [9.17, 15) is 4.79 Å². The van der Waals surface area contributed by atoms with Gasteiger partial charge < -0.3 is 15.1 Å². The summed E-state index contributed by atoms with van der Waals surface area (Å²) >= 11 is 0. The average Bonchev–Trinajstić information content (AvgIpc) is 2.61. The number of aromatic nitrogens is 1. The van der Waals surface area contributed by atoms with Gasteiger partial charge in [0.15, 0.2) is 0 Å². The lowest BCUT2D eigenvalue weighted by atomic mass is 10.0. The van der Waals surface area contributed by atoms with Gasteiger partial charge in [-0.15, -0.1) is 0 Å². The van der Waals surface area contributed by atoms with Crippen molar-refractivity contribution in [2.45, 2.75) is 12.8 Å². The van der Waals surface area contributed by atoms with Gasteiger partial charge in [-0.05, 0) is 44.6 Å². The Balaban J connectivity index is 1.78. The summed E-state index contributed by atoms with van der Waals surface area (Å²) in [6, 6.07) is 10.4. The molecule has 0 fully saturated rings. The molecule has 0 aliphatic carbocycles. The van der Waals surface area contributed by atoms with Crippen molar-refractivity contribution in [2.75, 3.05) is 38.6 Å². The van der Waals surface area contributed by atoms with E-state index in [-0.39, 0.29) is 5.91 Å². The van der Waals surface area contributed by atoms with E-state index in [1.54, 1.807) is 6.20 Å². The molecule has 1 N–H and O–H groups in total. The summed E-state index contributed by atoms with van der Waals surface area (Å²) in [7, 11) is 3.98. The highest BCUT2D eigenvalue weighted by Gasteiger charge is 2.19. The van der Waals surface area contributed by atoms with Crippen LogP contribution in [-0.4, -0.2) is 49.5 Å². The molecule has 0 unspecified atom stereocenters. The van der Waals surface area contributed by atoms with Gasteiger partial charge in [-0.1, -0.05) is 18.2 Å². The molecule has 24 heavy (non-hydrogen) atoms. The number of nitrogens with one attached hydrogen (secondary N) is 1. The third-order valence-electron chi connectivity index (χ3n) is 4.25. The monoisotopic (exact) mass is 324 g/mol. The lowest BCUT2D eigenvalue weighted by Crippen LogP contribution is -2.31. The number of carbonyl (C=O) groups is 1. The number of amides is 1. The van der Waals surface area contributed by atoms with Crippen LogP contribution in [0.1, 0.15) is 22.3 Å². The molecule has 0 radical (unpaired) electrons. The molecule has 0 saturated heterocycles. The molecule has 0 atom stereocenters. The molecule has 1 aromatic heterocycles. The van der Waals surface area contributed by atoms with Crippen molar-refractivity contribution in [3.05, 3.63) is 53.9 Å². The van der Waals surface area contributed by atoms with Crippen molar-refractivity contribution in [3.63, 3.8) is 0 Å².